The van der Waals surface area contributed by atoms with Gasteiger partial charge in [0.2, 0.25) is 5.91 Å². The van der Waals surface area contributed by atoms with Crippen LogP contribution < -0.4 is 10.6 Å². The van der Waals surface area contributed by atoms with Crippen molar-refractivity contribution in [2.24, 2.45) is 0 Å². The van der Waals surface area contributed by atoms with Gasteiger partial charge in [-0.2, -0.15) is 0 Å². The predicted octanol–water partition coefficient (Wildman–Crippen LogP) is -0.177. The molecule has 100 valence electrons. The summed E-state index contributed by atoms with van der Waals surface area (Å²) in [4.78, 5) is 13.8. The summed E-state index contributed by atoms with van der Waals surface area (Å²) >= 11 is 0. The Labute approximate surface area is 104 Å². The molecule has 1 heterocycles. The lowest BCUT2D eigenvalue weighted by Crippen LogP contribution is -2.51. The van der Waals surface area contributed by atoms with Crippen molar-refractivity contribution < 1.29 is 9.53 Å². The first-order valence-electron chi connectivity index (χ1n) is 6.26. The molecule has 5 heteroatoms. The summed E-state index contributed by atoms with van der Waals surface area (Å²) in [6.07, 6.45) is 2.18. The molecule has 0 unspecified atom stereocenters. The van der Waals surface area contributed by atoms with Gasteiger partial charge in [-0.1, -0.05) is 0 Å². The van der Waals surface area contributed by atoms with E-state index in [1.807, 2.05) is 7.05 Å². The predicted molar refractivity (Wildman–Crippen MR) is 68.0 cm³/mol. The third kappa shape index (κ3) is 5.02. The standard InChI is InChI=1S/C12H25N3O2/c1-12(13-2)4-7-15(8-5-12)10-11(16)14-6-9-17-3/h13H,4-10H2,1-3H3,(H,14,16). The van der Waals surface area contributed by atoms with Gasteiger partial charge in [0.05, 0.1) is 13.2 Å². The first-order valence-corrected chi connectivity index (χ1v) is 6.26. The number of carbonyl (C=O) groups is 1. The van der Waals surface area contributed by atoms with Crippen molar-refractivity contribution in [2.75, 3.05) is 46.9 Å². The van der Waals surface area contributed by atoms with Gasteiger partial charge >= 0.3 is 0 Å². The lowest BCUT2D eigenvalue weighted by Gasteiger charge is -2.39. The van der Waals surface area contributed by atoms with Gasteiger partial charge in [-0.25, -0.2) is 0 Å². The average Bonchev–Trinajstić information content (AvgIpc) is 2.33. The van der Waals surface area contributed by atoms with Crippen molar-refractivity contribution in [1.82, 2.24) is 15.5 Å². The second-order valence-electron chi connectivity index (χ2n) is 4.93. The van der Waals surface area contributed by atoms with Crippen LogP contribution in [0.4, 0.5) is 0 Å². The third-order valence-electron chi connectivity index (χ3n) is 3.56. The number of hydrogen-bond donors (Lipinski definition) is 2. The highest BCUT2D eigenvalue weighted by Gasteiger charge is 2.28. The van der Waals surface area contributed by atoms with Crippen molar-refractivity contribution >= 4 is 5.91 Å². The minimum Gasteiger partial charge on any atom is -0.383 e. The van der Waals surface area contributed by atoms with Gasteiger partial charge in [-0.05, 0) is 26.8 Å². The topological polar surface area (TPSA) is 53.6 Å². The van der Waals surface area contributed by atoms with E-state index < -0.39 is 0 Å². The monoisotopic (exact) mass is 243 g/mol. The van der Waals surface area contributed by atoms with E-state index in [1.54, 1.807) is 7.11 Å². The molecule has 0 spiro atoms. The molecule has 0 aromatic rings. The molecule has 2 N–H and O–H groups in total. The first kappa shape index (κ1) is 14.4. The minimum atomic E-state index is 0.0927. The number of nitrogens with one attached hydrogen (secondary N) is 2. The van der Waals surface area contributed by atoms with Gasteiger partial charge in [0, 0.05) is 32.3 Å². The number of carbonyl (C=O) groups excluding carboxylic acids is 1. The van der Waals surface area contributed by atoms with E-state index in [0.29, 0.717) is 19.7 Å². The fourth-order valence-corrected chi connectivity index (χ4v) is 2.01. The molecule has 0 bridgehead atoms. The van der Waals surface area contributed by atoms with E-state index in [-0.39, 0.29) is 11.4 Å². The molecule has 1 amide bonds. The fourth-order valence-electron chi connectivity index (χ4n) is 2.01. The molecule has 5 nitrogen and oxygen atoms in total. The maximum absolute atomic E-state index is 11.6. The minimum absolute atomic E-state index is 0.0927. The highest BCUT2D eigenvalue weighted by Crippen LogP contribution is 2.20. The van der Waals surface area contributed by atoms with Crippen LogP contribution in [0.2, 0.25) is 0 Å². The van der Waals surface area contributed by atoms with Gasteiger partial charge in [0.25, 0.3) is 0 Å². The van der Waals surface area contributed by atoms with Crippen molar-refractivity contribution in [3.8, 4) is 0 Å². The van der Waals surface area contributed by atoms with Gasteiger partial charge in [-0.15, -0.1) is 0 Å². The van der Waals surface area contributed by atoms with E-state index >= 15 is 0 Å². The molecule has 1 rings (SSSR count). The van der Waals surface area contributed by atoms with E-state index in [0.717, 1.165) is 25.9 Å². The molecule has 0 aromatic heterocycles. The van der Waals surface area contributed by atoms with Crippen LogP contribution in [-0.4, -0.2) is 63.3 Å². The largest absolute Gasteiger partial charge is 0.383 e. The molecule has 0 aromatic carbocycles. The summed E-state index contributed by atoms with van der Waals surface area (Å²) in [5.74, 6) is 0.0927. The van der Waals surface area contributed by atoms with Crippen molar-refractivity contribution in [1.29, 1.82) is 0 Å². The van der Waals surface area contributed by atoms with Crippen molar-refractivity contribution in [3.63, 3.8) is 0 Å². The Kier molecular flexibility index (Phi) is 5.88. The van der Waals surface area contributed by atoms with Gasteiger partial charge in [0.1, 0.15) is 0 Å². The Morgan fingerprint density at radius 2 is 2.06 bits per heavy atom. The summed E-state index contributed by atoms with van der Waals surface area (Å²) in [6, 6.07) is 0. The molecule has 1 aliphatic rings. The number of amides is 1. The molecule has 0 radical (unpaired) electrons. The second kappa shape index (κ2) is 6.93. The molecular formula is C12H25N3O2. The normalized spacial score (nSPS) is 20.2. The van der Waals surface area contributed by atoms with Crippen LogP contribution in [0.1, 0.15) is 19.8 Å². The van der Waals surface area contributed by atoms with Crippen LogP contribution >= 0.6 is 0 Å². The highest BCUT2D eigenvalue weighted by molar-refractivity contribution is 5.77. The van der Waals surface area contributed by atoms with Crippen molar-refractivity contribution in [3.05, 3.63) is 0 Å². The SMILES string of the molecule is CNC1(C)CCN(CC(=O)NCCOC)CC1. The number of piperidine rings is 1. The number of rotatable bonds is 6. The molecule has 1 fully saturated rings. The molecule has 0 atom stereocenters. The Morgan fingerprint density at radius 1 is 1.41 bits per heavy atom. The summed E-state index contributed by atoms with van der Waals surface area (Å²) in [6.45, 7) is 5.87. The molecule has 17 heavy (non-hydrogen) atoms. The number of methoxy groups -OCH3 is 1. The number of nitrogens with zero attached hydrogens (tertiary/aromatic N) is 1. The molecular weight excluding hydrogens is 218 g/mol. The smallest absolute Gasteiger partial charge is 0.234 e. The van der Waals surface area contributed by atoms with E-state index in [9.17, 15) is 4.79 Å². The number of likely N-dealkylation sites (tertiary alicyclic amines) is 1. The Hall–Kier alpha value is -0.650. The number of hydrogen-bond acceptors (Lipinski definition) is 4. The van der Waals surface area contributed by atoms with Crippen LogP contribution in [-0.2, 0) is 9.53 Å². The van der Waals surface area contributed by atoms with Gasteiger partial charge in [-0.3, -0.25) is 9.69 Å². The van der Waals surface area contributed by atoms with Crippen LogP contribution in [0, 0.1) is 0 Å². The Bertz CT molecular complexity index is 238. The summed E-state index contributed by atoms with van der Waals surface area (Å²) in [5, 5.41) is 6.20. The van der Waals surface area contributed by atoms with Crippen LogP contribution in [0.5, 0.6) is 0 Å². The summed E-state index contributed by atoms with van der Waals surface area (Å²) in [5.41, 5.74) is 0.239. The molecule has 1 saturated heterocycles. The van der Waals surface area contributed by atoms with E-state index in [2.05, 4.69) is 22.5 Å². The zero-order valence-electron chi connectivity index (χ0n) is 11.2. The van der Waals surface area contributed by atoms with Crippen molar-refractivity contribution in [2.45, 2.75) is 25.3 Å². The quantitative estimate of drug-likeness (QED) is 0.636. The highest BCUT2D eigenvalue weighted by atomic mass is 16.5. The summed E-state index contributed by atoms with van der Waals surface area (Å²) in [7, 11) is 3.64. The first-order chi connectivity index (χ1) is 8.09. The Morgan fingerprint density at radius 3 is 2.59 bits per heavy atom. The molecule has 0 saturated carbocycles. The zero-order valence-corrected chi connectivity index (χ0v) is 11.2. The lowest BCUT2D eigenvalue weighted by molar-refractivity contribution is -0.122. The zero-order chi connectivity index (χ0) is 12.7. The Balaban J connectivity index is 2.19. The van der Waals surface area contributed by atoms with E-state index in [4.69, 9.17) is 4.74 Å². The second-order valence-corrected chi connectivity index (χ2v) is 4.93. The van der Waals surface area contributed by atoms with Crippen LogP contribution in [0.15, 0.2) is 0 Å². The van der Waals surface area contributed by atoms with E-state index in [1.165, 1.54) is 0 Å². The van der Waals surface area contributed by atoms with Crippen LogP contribution in [0.3, 0.4) is 0 Å². The average molecular weight is 243 g/mol. The maximum Gasteiger partial charge on any atom is 0.234 e. The van der Waals surface area contributed by atoms with Gasteiger partial charge in [0.15, 0.2) is 0 Å². The molecule has 1 aliphatic heterocycles. The maximum atomic E-state index is 11.6. The summed E-state index contributed by atoms with van der Waals surface area (Å²) < 4.78 is 4.89. The number of ether oxygens (including phenoxy) is 1. The lowest BCUT2D eigenvalue weighted by atomic mass is 9.90. The van der Waals surface area contributed by atoms with Crippen LogP contribution in [0.25, 0.3) is 0 Å². The third-order valence-corrected chi connectivity index (χ3v) is 3.56. The van der Waals surface area contributed by atoms with Gasteiger partial charge < -0.3 is 15.4 Å². The fraction of sp³-hybridized carbons (Fsp3) is 0.917. The molecule has 0 aliphatic carbocycles.